The van der Waals surface area contributed by atoms with Gasteiger partial charge in [0.05, 0.1) is 11.4 Å². The molecule has 3 rings (SSSR count). The number of piperidine rings is 1. The second-order valence-electron chi connectivity index (χ2n) is 12.5. The molecule has 214 valence electrons. The summed E-state index contributed by atoms with van der Waals surface area (Å²) in [6.07, 6.45) is 1.18. The predicted octanol–water partition coefficient (Wildman–Crippen LogP) is 6.65. The normalized spacial score (nSPS) is 16.8. The second-order valence-corrected chi connectivity index (χ2v) is 12.5. The topological polar surface area (TPSA) is 97.1 Å². The number of amides is 2. The summed E-state index contributed by atoms with van der Waals surface area (Å²) in [4.78, 5) is 29.3. The van der Waals surface area contributed by atoms with Crippen LogP contribution in [0.4, 0.5) is 21.0 Å². The summed E-state index contributed by atoms with van der Waals surface area (Å²) in [7, 11) is 0. The molecule has 1 heterocycles. The number of hydrogen-bond donors (Lipinski definition) is 2. The van der Waals surface area contributed by atoms with Gasteiger partial charge in [0.2, 0.25) is 0 Å². The fourth-order valence-corrected chi connectivity index (χ4v) is 4.48. The molecular weight excluding hydrogens is 492 g/mol. The molecule has 39 heavy (non-hydrogen) atoms. The van der Waals surface area contributed by atoms with E-state index in [1.54, 1.807) is 9.80 Å². The fourth-order valence-electron chi connectivity index (χ4n) is 4.48. The number of hydrogen-bond acceptors (Lipinski definition) is 6. The van der Waals surface area contributed by atoms with E-state index >= 15 is 0 Å². The van der Waals surface area contributed by atoms with Crippen molar-refractivity contribution in [2.24, 2.45) is 5.41 Å². The van der Waals surface area contributed by atoms with Crippen molar-refractivity contribution in [3.8, 4) is 0 Å². The molecule has 2 atom stereocenters. The molecule has 1 aliphatic heterocycles. The first kappa shape index (κ1) is 30.1. The van der Waals surface area contributed by atoms with Crippen molar-refractivity contribution in [2.45, 2.75) is 92.1 Å². The molecule has 0 radical (unpaired) electrons. The second kappa shape index (κ2) is 12.6. The van der Waals surface area contributed by atoms with Gasteiger partial charge in [0, 0.05) is 31.7 Å². The van der Waals surface area contributed by atoms with Gasteiger partial charge in [-0.1, -0.05) is 57.2 Å². The summed E-state index contributed by atoms with van der Waals surface area (Å²) in [5.41, 5.74) is 9.08. The minimum Gasteiger partial charge on any atom is -0.445 e. The molecule has 2 amide bonds. The van der Waals surface area contributed by atoms with E-state index < -0.39 is 5.60 Å². The van der Waals surface area contributed by atoms with Gasteiger partial charge in [-0.05, 0) is 69.2 Å². The number of nitrogens with one attached hydrogen (secondary N) is 1. The van der Waals surface area contributed by atoms with Gasteiger partial charge in [0.1, 0.15) is 12.2 Å². The van der Waals surface area contributed by atoms with Crippen molar-refractivity contribution in [1.82, 2.24) is 9.80 Å². The molecule has 2 unspecified atom stereocenters. The Morgan fingerprint density at radius 1 is 1.08 bits per heavy atom. The number of anilines is 2. The zero-order valence-corrected chi connectivity index (χ0v) is 24.6. The summed E-state index contributed by atoms with van der Waals surface area (Å²) >= 11 is 0. The summed E-state index contributed by atoms with van der Waals surface area (Å²) in [5, 5.41) is 3.51. The molecule has 1 fully saturated rings. The largest absolute Gasteiger partial charge is 0.445 e. The van der Waals surface area contributed by atoms with E-state index in [1.807, 2.05) is 76.2 Å². The van der Waals surface area contributed by atoms with Crippen LogP contribution in [0, 0.1) is 5.41 Å². The Bertz CT molecular complexity index is 1110. The van der Waals surface area contributed by atoms with Gasteiger partial charge in [-0.3, -0.25) is 0 Å². The third-order valence-electron chi connectivity index (χ3n) is 7.06. The average molecular weight is 539 g/mol. The fraction of sp³-hybridized carbons (Fsp3) is 0.548. The molecule has 8 heteroatoms. The van der Waals surface area contributed by atoms with Crippen LogP contribution in [0.5, 0.6) is 0 Å². The van der Waals surface area contributed by atoms with Crippen LogP contribution in [0.25, 0.3) is 0 Å². The smallest absolute Gasteiger partial charge is 0.410 e. The minimum atomic E-state index is -0.524. The zero-order chi connectivity index (χ0) is 28.8. The highest BCUT2D eigenvalue weighted by molar-refractivity contribution is 5.71. The maximum atomic E-state index is 13.2. The lowest BCUT2D eigenvalue weighted by molar-refractivity contribution is 0.0206. The van der Waals surface area contributed by atoms with E-state index in [4.69, 9.17) is 15.2 Å². The van der Waals surface area contributed by atoms with Crippen molar-refractivity contribution >= 4 is 23.6 Å². The molecule has 3 N–H and O–H groups in total. The standard InChI is InChI=1S/C31H46N4O4/c1-22(30(2,3)4)35(29(37)38-21-23-12-9-8-10-13-23)19-24-15-16-27(26(32)18-24)33-25-14-11-17-34(20-25)28(36)39-31(5,6)7/h8-10,12-13,15-16,18,22,25,33H,11,14,17,19-21,32H2,1-7H3. The van der Waals surface area contributed by atoms with E-state index in [2.05, 4.69) is 26.1 Å². The van der Waals surface area contributed by atoms with Crippen LogP contribution in [0.15, 0.2) is 48.5 Å². The van der Waals surface area contributed by atoms with Crippen LogP contribution < -0.4 is 11.1 Å². The number of nitrogens with zero attached hydrogens (tertiary/aromatic N) is 2. The number of ether oxygens (including phenoxy) is 2. The van der Waals surface area contributed by atoms with Crippen molar-refractivity contribution < 1.29 is 19.1 Å². The van der Waals surface area contributed by atoms with Crippen LogP contribution in [0.1, 0.15) is 72.4 Å². The first-order valence-electron chi connectivity index (χ1n) is 13.8. The highest BCUT2D eigenvalue weighted by Crippen LogP contribution is 2.29. The summed E-state index contributed by atoms with van der Waals surface area (Å²) in [6.45, 7) is 15.8. The Labute approximate surface area is 233 Å². The van der Waals surface area contributed by atoms with Gasteiger partial charge < -0.3 is 30.3 Å². The molecule has 2 aromatic rings. The number of carbonyl (C=O) groups is 2. The van der Waals surface area contributed by atoms with Gasteiger partial charge >= 0.3 is 12.2 Å². The Hall–Kier alpha value is -3.42. The van der Waals surface area contributed by atoms with E-state index in [0.717, 1.165) is 29.7 Å². The number of likely N-dealkylation sites (tertiary alicyclic amines) is 1. The lowest BCUT2D eigenvalue weighted by Gasteiger charge is -2.37. The first-order valence-corrected chi connectivity index (χ1v) is 13.8. The molecule has 0 spiro atoms. The Morgan fingerprint density at radius 3 is 2.38 bits per heavy atom. The Balaban J connectivity index is 1.67. The monoisotopic (exact) mass is 538 g/mol. The number of carbonyl (C=O) groups excluding carboxylic acids is 2. The zero-order valence-electron chi connectivity index (χ0n) is 24.6. The molecular formula is C31H46N4O4. The molecule has 8 nitrogen and oxygen atoms in total. The lowest BCUT2D eigenvalue weighted by atomic mass is 9.87. The highest BCUT2D eigenvalue weighted by atomic mass is 16.6. The summed E-state index contributed by atoms with van der Waals surface area (Å²) < 4.78 is 11.2. The third-order valence-corrected chi connectivity index (χ3v) is 7.06. The van der Waals surface area contributed by atoms with Crippen molar-refractivity contribution in [2.75, 3.05) is 24.1 Å². The quantitative estimate of drug-likeness (QED) is 0.383. The van der Waals surface area contributed by atoms with E-state index in [1.165, 1.54) is 0 Å². The first-order chi connectivity index (χ1) is 18.2. The van der Waals surface area contributed by atoms with Gasteiger partial charge in [0.15, 0.2) is 0 Å². The molecule has 2 aromatic carbocycles. The van der Waals surface area contributed by atoms with Crippen LogP contribution in [0.2, 0.25) is 0 Å². The molecule has 1 aliphatic rings. The minimum absolute atomic E-state index is 0.0686. The van der Waals surface area contributed by atoms with E-state index in [0.29, 0.717) is 25.3 Å². The van der Waals surface area contributed by atoms with Gasteiger partial charge in [-0.25, -0.2) is 9.59 Å². The molecule has 0 saturated carbocycles. The van der Waals surface area contributed by atoms with Gasteiger partial charge in [-0.2, -0.15) is 0 Å². The van der Waals surface area contributed by atoms with E-state index in [-0.39, 0.29) is 36.3 Å². The van der Waals surface area contributed by atoms with Crippen LogP contribution in [-0.2, 0) is 22.6 Å². The highest BCUT2D eigenvalue weighted by Gasteiger charge is 2.31. The summed E-state index contributed by atoms with van der Waals surface area (Å²) in [6, 6.07) is 15.5. The number of rotatable bonds is 7. The molecule has 1 saturated heterocycles. The summed E-state index contributed by atoms with van der Waals surface area (Å²) in [5.74, 6) is 0. The van der Waals surface area contributed by atoms with Gasteiger partial charge in [-0.15, -0.1) is 0 Å². The Kier molecular flexibility index (Phi) is 9.75. The van der Waals surface area contributed by atoms with Crippen molar-refractivity contribution in [1.29, 1.82) is 0 Å². The SMILES string of the molecule is CC(N(Cc1ccc(NC2CCCN(C(=O)OC(C)(C)C)C2)c(N)c1)C(=O)OCc1ccccc1)C(C)(C)C. The maximum Gasteiger partial charge on any atom is 0.410 e. The maximum absolute atomic E-state index is 13.2. The Morgan fingerprint density at radius 2 is 1.77 bits per heavy atom. The number of benzene rings is 2. The van der Waals surface area contributed by atoms with Crippen LogP contribution in [-0.4, -0.2) is 52.8 Å². The van der Waals surface area contributed by atoms with Crippen LogP contribution >= 0.6 is 0 Å². The predicted molar refractivity (Wildman–Crippen MR) is 156 cm³/mol. The number of nitrogens with two attached hydrogens (primary N) is 1. The lowest BCUT2D eigenvalue weighted by Crippen LogP contribution is -2.47. The van der Waals surface area contributed by atoms with Gasteiger partial charge in [0.25, 0.3) is 0 Å². The number of nitrogen functional groups attached to an aromatic ring is 1. The average Bonchev–Trinajstić information content (AvgIpc) is 2.86. The van der Waals surface area contributed by atoms with Crippen molar-refractivity contribution in [3.05, 3.63) is 59.7 Å². The third kappa shape index (κ3) is 9.08. The van der Waals surface area contributed by atoms with Crippen LogP contribution in [0.3, 0.4) is 0 Å². The van der Waals surface area contributed by atoms with Crippen molar-refractivity contribution in [3.63, 3.8) is 0 Å². The molecule has 0 bridgehead atoms. The molecule has 0 aromatic heterocycles. The van der Waals surface area contributed by atoms with E-state index in [9.17, 15) is 9.59 Å². The molecule has 0 aliphatic carbocycles.